The maximum absolute atomic E-state index is 12.7. The third kappa shape index (κ3) is 2.53. The molecule has 1 fully saturated rings. The molecule has 0 amide bonds. The van der Waals surface area contributed by atoms with Gasteiger partial charge < -0.3 is 4.74 Å². The van der Waals surface area contributed by atoms with Crippen LogP contribution in [0, 0.1) is 0 Å². The average molecular weight is 240 g/mol. The van der Waals surface area contributed by atoms with Crippen molar-refractivity contribution in [1.82, 2.24) is 0 Å². The highest BCUT2D eigenvalue weighted by Crippen LogP contribution is 2.49. The summed E-state index contributed by atoms with van der Waals surface area (Å²) in [6, 6.07) is 0. The molecule has 0 aromatic heterocycles. The summed E-state index contributed by atoms with van der Waals surface area (Å²) in [5, 5.41) is 0. The lowest BCUT2D eigenvalue weighted by molar-refractivity contribution is -0.252. The molecule has 1 aliphatic carbocycles. The first kappa shape index (κ1) is 12.5. The van der Waals surface area contributed by atoms with Crippen molar-refractivity contribution in [3.05, 3.63) is 0 Å². The fraction of sp³-hybridized carbons (Fsp3) is 1.00. The van der Waals surface area contributed by atoms with Crippen molar-refractivity contribution in [2.45, 2.75) is 37.0 Å². The Morgan fingerprint density at radius 1 is 1.13 bits per heavy atom. The summed E-state index contributed by atoms with van der Waals surface area (Å²) in [7, 11) is 0. The van der Waals surface area contributed by atoms with E-state index in [9.17, 15) is 30.7 Å². The molecule has 1 saturated carbocycles. The molecule has 0 spiro atoms. The van der Waals surface area contributed by atoms with Gasteiger partial charge in [-0.1, -0.05) is 0 Å². The lowest BCUT2D eigenvalue weighted by Gasteiger charge is -2.24. The fourth-order valence-corrected chi connectivity index (χ4v) is 1.28. The van der Waals surface area contributed by atoms with Gasteiger partial charge >= 0.3 is 18.0 Å². The normalized spacial score (nSPS) is 29.4. The van der Waals surface area contributed by atoms with E-state index in [4.69, 9.17) is 0 Å². The van der Waals surface area contributed by atoms with Gasteiger partial charge in [0.15, 0.2) is 0 Å². The smallest absolute Gasteiger partial charge is 0.362 e. The maximum Gasteiger partial charge on any atom is 0.411 e. The highest BCUT2D eigenvalue weighted by Gasteiger charge is 2.66. The summed E-state index contributed by atoms with van der Waals surface area (Å²) in [5.41, 5.74) is 0. The van der Waals surface area contributed by atoms with Crippen LogP contribution in [0.3, 0.4) is 0 Å². The first-order valence-electron chi connectivity index (χ1n) is 4.00. The second-order valence-electron chi connectivity index (χ2n) is 3.28. The minimum Gasteiger partial charge on any atom is -0.362 e. The van der Waals surface area contributed by atoms with Gasteiger partial charge in [-0.05, 0) is 6.42 Å². The molecule has 0 radical (unpaired) electrons. The molecule has 0 aromatic rings. The van der Waals surface area contributed by atoms with E-state index in [-0.39, 0.29) is 0 Å². The van der Waals surface area contributed by atoms with E-state index in [1.165, 1.54) is 0 Å². The molecule has 1 aliphatic rings. The van der Waals surface area contributed by atoms with Gasteiger partial charge in [0, 0.05) is 6.42 Å². The maximum atomic E-state index is 12.7. The predicted molar refractivity (Wildman–Crippen MR) is 34.9 cm³/mol. The Bertz CT molecular complexity index is 234. The van der Waals surface area contributed by atoms with Gasteiger partial charge in [0.25, 0.3) is 0 Å². The van der Waals surface area contributed by atoms with Crippen LogP contribution in [0.15, 0.2) is 0 Å². The molecular weight excluding hydrogens is 233 g/mol. The Labute approximate surface area is 80.2 Å². The van der Waals surface area contributed by atoms with E-state index in [1.807, 2.05) is 0 Å². The minimum absolute atomic E-state index is 0.782. The zero-order valence-electron chi connectivity index (χ0n) is 7.25. The largest absolute Gasteiger partial charge is 0.411 e. The van der Waals surface area contributed by atoms with Crippen LogP contribution in [-0.4, -0.2) is 30.7 Å². The monoisotopic (exact) mass is 240 g/mol. The van der Waals surface area contributed by atoms with Crippen LogP contribution >= 0.6 is 0 Å². The predicted octanol–water partition coefficient (Wildman–Crippen LogP) is 3.00. The Kier molecular flexibility index (Phi) is 2.92. The van der Waals surface area contributed by atoms with E-state index in [2.05, 4.69) is 4.74 Å². The molecule has 90 valence electrons. The molecule has 0 bridgehead atoms. The van der Waals surface area contributed by atoms with Crippen LogP contribution in [0.5, 0.6) is 0 Å². The first-order valence-corrected chi connectivity index (χ1v) is 4.00. The Morgan fingerprint density at radius 2 is 1.67 bits per heavy atom. The van der Waals surface area contributed by atoms with Crippen molar-refractivity contribution in [2.24, 2.45) is 0 Å². The van der Waals surface area contributed by atoms with Crippen LogP contribution in [0.4, 0.5) is 30.7 Å². The van der Waals surface area contributed by atoms with Gasteiger partial charge in [-0.15, -0.1) is 0 Å². The molecule has 1 unspecified atom stereocenters. The number of alkyl halides is 7. The summed E-state index contributed by atoms with van der Waals surface area (Å²) in [6.07, 6.45) is -9.11. The van der Waals surface area contributed by atoms with E-state index in [1.54, 1.807) is 0 Å². The Balaban J connectivity index is 2.59. The molecule has 1 atom stereocenters. The lowest BCUT2D eigenvalue weighted by atomic mass is 10.2. The van der Waals surface area contributed by atoms with Gasteiger partial charge in [-0.25, -0.2) is 0 Å². The van der Waals surface area contributed by atoms with Crippen molar-refractivity contribution in [3.8, 4) is 0 Å². The van der Waals surface area contributed by atoms with Gasteiger partial charge in [-0.2, -0.15) is 30.7 Å². The zero-order chi connectivity index (χ0) is 11.9. The van der Waals surface area contributed by atoms with Crippen molar-refractivity contribution in [2.75, 3.05) is 6.61 Å². The van der Waals surface area contributed by atoms with Crippen LogP contribution in [0.25, 0.3) is 0 Å². The SMILES string of the molecule is FC(F)(F)COC1CCC(F)(F)C1(F)F. The minimum atomic E-state index is -4.80. The second-order valence-corrected chi connectivity index (χ2v) is 3.28. The molecule has 0 aromatic carbocycles. The van der Waals surface area contributed by atoms with E-state index >= 15 is 0 Å². The Hall–Kier alpha value is -0.530. The molecule has 1 rings (SSSR count). The van der Waals surface area contributed by atoms with E-state index < -0.39 is 43.6 Å². The van der Waals surface area contributed by atoms with Crippen LogP contribution in [0.1, 0.15) is 12.8 Å². The topological polar surface area (TPSA) is 9.23 Å². The van der Waals surface area contributed by atoms with Gasteiger partial charge in [0.2, 0.25) is 0 Å². The van der Waals surface area contributed by atoms with Crippen molar-refractivity contribution in [1.29, 1.82) is 0 Å². The highest BCUT2D eigenvalue weighted by molar-refractivity contribution is 4.99. The van der Waals surface area contributed by atoms with Crippen molar-refractivity contribution >= 4 is 0 Å². The van der Waals surface area contributed by atoms with Gasteiger partial charge in [-0.3, -0.25) is 0 Å². The third-order valence-electron chi connectivity index (χ3n) is 2.06. The van der Waals surface area contributed by atoms with Gasteiger partial charge in [0.1, 0.15) is 12.7 Å². The lowest BCUT2D eigenvalue weighted by Crippen LogP contribution is -2.44. The summed E-state index contributed by atoms with van der Waals surface area (Å²) in [6.45, 7) is -1.94. The molecule has 0 aliphatic heterocycles. The Morgan fingerprint density at radius 3 is 2.00 bits per heavy atom. The van der Waals surface area contributed by atoms with E-state index in [0.29, 0.717) is 0 Å². The molecule has 0 saturated heterocycles. The second kappa shape index (κ2) is 3.50. The van der Waals surface area contributed by atoms with Crippen molar-refractivity contribution in [3.63, 3.8) is 0 Å². The number of hydrogen-bond acceptors (Lipinski definition) is 1. The summed E-state index contributed by atoms with van der Waals surface area (Å²) >= 11 is 0. The molecule has 0 N–H and O–H groups in total. The van der Waals surface area contributed by atoms with Gasteiger partial charge in [0.05, 0.1) is 0 Å². The molecule has 0 heterocycles. The zero-order valence-corrected chi connectivity index (χ0v) is 7.25. The first-order chi connectivity index (χ1) is 6.56. The number of hydrogen-bond donors (Lipinski definition) is 0. The van der Waals surface area contributed by atoms with Crippen LogP contribution in [0.2, 0.25) is 0 Å². The van der Waals surface area contributed by atoms with Crippen molar-refractivity contribution < 1.29 is 35.5 Å². The van der Waals surface area contributed by atoms with E-state index in [0.717, 1.165) is 0 Å². The summed E-state index contributed by atoms with van der Waals surface area (Å²) in [4.78, 5) is 0. The standard InChI is InChI=1S/C7H7F7O/c8-5(9)2-1-4(7(5,13)14)15-3-6(10,11)12/h4H,1-3H2. The molecule has 1 nitrogen and oxygen atoms in total. The van der Waals surface area contributed by atoms with Crippen LogP contribution < -0.4 is 0 Å². The molecule has 8 heteroatoms. The third-order valence-corrected chi connectivity index (χ3v) is 2.06. The highest BCUT2D eigenvalue weighted by atomic mass is 19.4. The average Bonchev–Trinajstić information content (AvgIpc) is 2.19. The number of halogens is 7. The molecular formula is C7H7F7O. The fourth-order valence-electron chi connectivity index (χ4n) is 1.28. The number of ether oxygens (including phenoxy) is 1. The summed E-state index contributed by atoms with van der Waals surface area (Å²) < 4.78 is 89.0. The summed E-state index contributed by atoms with van der Waals surface area (Å²) in [5.74, 6) is -8.82. The van der Waals surface area contributed by atoms with Crippen LogP contribution in [-0.2, 0) is 4.74 Å². The molecule has 15 heavy (non-hydrogen) atoms. The number of rotatable bonds is 2. The quantitative estimate of drug-likeness (QED) is 0.674.